The van der Waals surface area contributed by atoms with Crippen molar-refractivity contribution in [3.8, 4) is 0 Å². The van der Waals surface area contributed by atoms with Gasteiger partial charge in [0, 0.05) is 0 Å². The van der Waals surface area contributed by atoms with Crippen molar-refractivity contribution in [1.29, 1.82) is 0 Å². The van der Waals surface area contributed by atoms with Crippen molar-refractivity contribution in [3.05, 3.63) is 0 Å². The molecule has 2 fully saturated rings. The molecule has 0 amide bonds. The van der Waals surface area contributed by atoms with E-state index < -0.39 is 0 Å². The van der Waals surface area contributed by atoms with E-state index in [1.807, 2.05) is 0 Å². The summed E-state index contributed by atoms with van der Waals surface area (Å²) in [6, 6.07) is 0. The van der Waals surface area contributed by atoms with Gasteiger partial charge in [0.1, 0.15) is 0 Å². The van der Waals surface area contributed by atoms with Crippen molar-refractivity contribution >= 4 is 0 Å². The van der Waals surface area contributed by atoms with Crippen LogP contribution < -0.4 is 0 Å². The monoisotopic (exact) mass is 168 g/mol. The summed E-state index contributed by atoms with van der Waals surface area (Å²) in [6.07, 6.45) is 8.64. The average Bonchev–Trinajstić information content (AvgIpc) is 2.62. The minimum Gasteiger partial charge on any atom is -0.372 e. The molecule has 0 aromatic carbocycles. The smallest absolute Gasteiger partial charge is 0.0687 e. The number of rotatable bonds is 1. The van der Waals surface area contributed by atoms with E-state index in [0.29, 0.717) is 17.6 Å². The maximum atomic E-state index is 6.17. The van der Waals surface area contributed by atoms with Crippen LogP contribution in [0.2, 0.25) is 0 Å². The Bertz CT molecular complexity index is 156. The van der Waals surface area contributed by atoms with E-state index in [4.69, 9.17) is 4.74 Å². The molecule has 1 heterocycles. The molecule has 1 saturated carbocycles. The van der Waals surface area contributed by atoms with Crippen LogP contribution in [0.25, 0.3) is 0 Å². The van der Waals surface area contributed by atoms with Gasteiger partial charge < -0.3 is 4.74 Å². The van der Waals surface area contributed by atoms with E-state index in [1.165, 1.54) is 38.5 Å². The zero-order chi connectivity index (χ0) is 8.60. The zero-order valence-electron chi connectivity index (χ0n) is 8.31. The summed E-state index contributed by atoms with van der Waals surface area (Å²) in [5, 5.41) is 0. The highest BCUT2D eigenvalue weighted by molar-refractivity contribution is 4.93. The van der Waals surface area contributed by atoms with Crippen LogP contribution in [0.1, 0.15) is 52.4 Å². The molecule has 0 N–H and O–H groups in total. The highest BCUT2D eigenvalue weighted by Gasteiger charge is 2.42. The van der Waals surface area contributed by atoms with Gasteiger partial charge in [-0.15, -0.1) is 0 Å². The fourth-order valence-electron chi connectivity index (χ4n) is 2.70. The van der Waals surface area contributed by atoms with Crippen molar-refractivity contribution in [2.24, 2.45) is 5.92 Å². The van der Waals surface area contributed by atoms with Gasteiger partial charge in [0.05, 0.1) is 11.7 Å². The van der Waals surface area contributed by atoms with Crippen molar-refractivity contribution in [2.45, 2.75) is 64.1 Å². The highest BCUT2D eigenvalue weighted by Crippen LogP contribution is 2.44. The molecule has 12 heavy (non-hydrogen) atoms. The first-order valence-corrected chi connectivity index (χ1v) is 5.40. The molecule has 2 rings (SSSR count). The molecule has 70 valence electrons. The van der Waals surface area contributed by atoms with Gasteiger partial charge >= 0.3 is 0 Å². The fourth-order valence-corrected chi connectivity index (χ4v) is 2.70. The van der Waals surface area contributed by atoms with Gasteiger partial charge in [-0.25, -0.2) is 0 Å². The van der Waals surface area contributed by atoms with Crippen LogP contribution in [0.4, 0.5) is 0 Å². The van der Waals surface area contributed by atoms with Crippen LogP contribution in [0.5, 0.6) is 0 Å². The zero-order valence-corrected chi connectivity index (χ0v) is 8.31. The minimum atomic E-state index is 0.342. The van der Waals surface area contributed by atoms with E-state index in [0.717, 1.165) is 0 Å². The quantitative estimate of drug-likeness (QED) is 0.584. The van der Waals surface area contributed by atoms with E-state index in [2.05, 4.69) is 13.8 Å². The molecule has 2 aliphatic rings. The van der Waals surface area contributed by atoms with Crippen molar-refractivity contribution in [3.63, 3.8) is 0 Å². The summed E-state index contributed by atoms with van der Waals surface area (Å²) >= 11 is 0. The molecule has 1 atom stereocenters. The Labute approximate surface area is 75.5 Å². The van der Waals surface area contributed by atoms with Crippen LogP contribution in [0, 0.1) is 5.92 Å². The second kappa shape index (κ2) is 3.02. The Morgan fingerprint density at radius 3 is 2.33 bits per heavy atom. The number of hydrogen-bond donors (Lipinski definition) is 0. The molecule has 1 spiro atoms. The number of ether oxygens (including phenoxy) is 1. The third kappa shape index (κ3) is 1.39. The summed E-state index contributed by atoms with van der Waals surface area (Å²) in [4.78, 5) is 0. The molecule has 0 aromatic heterocycles. The highest BCUT2D eigenvalue weighted by atomic mass is 16.5. The molecule has 0 aromatic rings. The van der Waals surface area contributed by atoms with Gasteiger partial charge in [0.2, 0.25) is 0 Å². The average molecular weight is 168 g/mol. The van der Waals surface area contributed by atoms with E-state index in [9.17, 15) is 0 Å². The molecule has 1 saturated heterocycles. The van der Waals surface area contributed by atoms with Crippen LogP contribution >= 0.6 is 0 Å². The minimum absolute atomic E-state index is 0.342. The van der Waals surface area contributed by atoms with Gasteiger partial charge in [-0.2, -0.15) is 0 Å². The van der Waals surface area contributed by atoms with Gasteiger partial charge in [-0.1, -0.05) is 26.7 Å². The van der Waals surface area contributed by atoms with Gasteiger partial charge in [-0.3, -0.25) is 0 Å². The lowest BCUT2D eigenvalue weighted by molar-refractivity contribution is -0.0528. The van der Waals surface area contributed by atoms with Crippen molar-refractivity contribution in [1.82, 2.24) is 0 Å². The molecule has 1 nitrogen and oxygen atoms in total. The number of hydrogen-bond acceptors (Lipinski definition) is 1. The second-order valence-electron chi connectivity index (χ2n) is 4.83. The molecule has 0 bridgehead atoms. The normalized spacial score (nSPS) is 33.8. The lowest BCUT2D eigenvalue weighted by Crippen LogP contribution is -2.26. The molecular formula is C11H20O. The van der Waals surface area contributed by atoms with Crippen LogP contribution in [-0.2, 0) is 4.74 Å². The van der Waals surface area contributed by atoms with E-state index in [1.54, 1.807) is 0 Å². The Morgan fingerprint density at radius 2 is 1.83 bits per heavy atom. The lowest BCUT2D eigenvalue weighted by atomic mass is 9.97. The Hall–Kier alpha value is -0.0400. The van der Waals surface area contributed by atoms with Gasteiger partial charge in [-0.05, 0) is 31.6 Å². The predicted octanol–water partition coefficient (Wildman–Crippen LogP) is 3.13. The maximum absolute atomic E-state index is 6.17. The van der Waals surface area contributed by atoms with Crippen molar-refractivity contribution < 1.29 is 4.74 Å². The predicted molar refractivity (Wildman–Crippen MR) is 50.1 cm³/mol. The largest absolute Gasteiger partial charge is 0.372 e. The lowest BCUT2D eigenvalue weighted by Gasteiger charge is -2.25. The molecule has 1 unspecified atom stereocenters. The third-order valence-electron chi connectivity index (χ3n) is 3.54. The molecule has 1 heteroatoms. The molecular weight excluding hydrogens is 148 g/mol. The van der Waals surface area contributed by atoms with Gasteiger partial charge in [0.25, 0.3) is 0 Å². The van der Waals surface area contributed by atoms with Crippen LogP contribution in [-0.4, -0.2) is 11.7 Å². The maximum Gasteiger partial charge on any atom is 0.0687 e. The Morgan fingerprint density at radius 1 is 1.17 bits per heavy atom. The molecule has 1 aliphatic carbocycles. The van der Waals surface area contributed by atoms with E-state index >= 15 is 0 Å². The van der Waals surface area contributed by atoms with Crippen LogP contribution in [0.15, 0.2) is 0 Å². The Balaban J connectivity index is 1.96. The summed E-state index contributed by atoms with van der Waals surface area (Å²) in [5.74, 6) is 0.713. The Kier molecular flexibility index (Phi) is 2.16. The SMILES string of the molecule is CC(C)C1CCC2(CCCC2)O1. The van der Waals surface area contributed by atoms with E-state index in [-0.39, 0.29) is 0 Å². The fraction of sp³-hybridized carbons (Fsp3) is 1.00. The van der Waals surface area contributed by atoms with Gasteiger partial charge in [0.15, 0.2) is 0 Å². The molecule has 1 aliphatic heterocycles. The summed E-state index contributed by atoms with van der Waals surface area (Å²) in [5.41, 5.74) is 0.342. The third-order valence-corrected chi connectivity index (χ3v) is 3.54. The van der Waals surface area contributed by atoms with Crippen LogP contribution in [0.3, 0.4) is 0 Å². The van der Waals surface area contributed by atoms with Crippen molar-refractivity contribution in [2.75, 3.05) is 0 Å². The summed E-state index contributed by atoms with van der Waals surface area (Å²) < 4.78 is 6.17. The summed E-state index contributed by atoms with van der Waals surface area (Å²) in [7, 11) is 0. The first kappa shape index (κ1) is 8.55. The summed E-state index contributed by atoms with van der Waals surface area (Å²) in [6.45, 7) is 4.55. The second-order valence-corrected chi connectivity index (χ2v) is 4.83. The standard InChI is InChI=1S/C11H20O/c1-9(2)10-5-8-11(12-10)6-3-4-7-11/h9-10H,3-8H2,1-2H3. The first-order chi connectivity index (χ1) is 5.72. The molecule has 0 radical (unpaired) electrons. The first-order valence-electron chi connectivity index (χ1n) is 5.40. The topological polar surface area (TPSA) is 9.23 Å².